The average molecular weight is 657 g/mol. The second kappa shape index (κ2) is 14.2. The molecular weight excluding hydrogens is 619 g/mol. The Labute approximate surface area is 276 Å². The second-order valence-corrected chi connectivity index (χ2v) is 11.5. The Morgan fingerprint density at radius 2 is 1.71 bits per heavy atom. The number of benzene rings is 2. The molecule has 0 spiro atoms. The standard InChI is InChI=1S/C34H37FN8O5/c1-22-31(41(3)34(45)43(22)33-37-10-5-11-38-33)32(44)39-23-7-8-28(25(35)19-23)48-27-9-12-36-26-21-30(29(46-4)20-24(26)27)47-18-6-13-42-16-14-40(2)15-17-42/h5,7-12,19-21H,6,13-18H2,1-4H3,(H,39,44). The first-order valence-electron chi connectivity index (χ1n) is 15.6. The number of methoxy groups -OCH3 is 1. The van der Waals surface area contributed by atoms with E-state index in [0.717, 1.165) is 45.2 Å². The van der Waals surface area contributed by atoms with Gasteiger partial charge in [0.25, 0.3) is 5.91 Å². The fourth-order valence-electron chi connectivity index (χ4n) is 5.70. The van der Waals surface area contributed by atoms with E-state index in [0.29, 0.717) is 40.5 Å². The molecule has 4 heterocycles. The zero-order valence-corrected chi connectivity index (χ0v) is 27.3. The van der Waals surface area contributed by atoms with Crippen LogP contribution >= 0.6 is 0 Å². The van der Waals surface area contributed by atoms with Gasteiger partial charge in [0.15, 0.2) is 23.1 Å². The summed E-state index contributed by atoms with van der Waals surface area (Å²) in [5.74, 6) is 0.231. The number of piperazine rings is 1. The van der Waals surface area contributed by atoms with Gasteiger partial charge in [-0.25, -0.2) is 23.7 Å². The predicted octanol–water partition coefficient (Wildman–Crippen LogP) is 4.03. The highest BCUT2D eigenvalue weighted by Gasteiger charge is 2.23. The van der Waals surface area contributed by atoms with Crippen molar-refractivity contribution in [1.29, 1.82) is 0 Å². The second-order valence-electron chi connectivity index (χ2n) is 11.5. The monoisotopic (exact) mass is 656 g/mol. The number of imidazole rings is 1. The molecule has 0 bridgehead atoms. The molecule has 1 aliphatic heterocycles. The molecule has 1 fully saturated rings. The van der Waals surface area contributed by atoms with E-state index >= 15 is 4.39 Å². The lowest BCUT2D eigenvalue weighted by Crippen LogP contribution is -2.44. The molecule has 6 rings (SSSR count). The van der Waals surface area contributed by atoms with Gasteiger partial charge in [-0.2, -0.15) is 0 Å². The summed E-state index contributed by atoms with van der Waals surface area (Å²) in [4.78, 5) is 43.6. The molecule has 1 aliphatic rings. The molecule has 3 aromatic heterocycles. The lowest BCUT2D eigenvalue weighted by Gasteiger charge is -2.32. The smallest absolute Gasteiger partial charge is 0.335 e. The molecule has 2 aromatic carbocycles. The summed E-state index contributed by atoms with van der Waals surface area (Å²) in [5.41, 5.74) is 0.714. The van der Waals surface area contributed by atoms with E-state index in [1.54, 1.807) is 44.5 Å². The molecule has 48 heavy (non-hydrogen) atoms. The van der Waals surface area contributed by atoms with Gasteiger partial charge in [0, 0.05) is 81.6 Å². The minimum absolute atomic E-state index is 0.0559. The number of aromatic nitrogens is 5. The Balaban J connectivity index is 1.15. The van der Waals surface area contributed by atoms with Crippen LogP contribution in [0, 0.1) is 12.7 Å². The van der Waals surface area contributed by atoms with Crippen LogP contribution in [0.2, 0.25) is 0 Å². The molecule has 1 amide bonds. The molecule has 0 radical (unpaired) electrons. The van der Waals surface area contributed by atoms with Crippen LogP contribution in [-0.2, 0) is 7.05 Å². The largest absolute Gasteiger partial charge is 0.493 e. The molecule has 1 saturated heterocycles. The summed E-state index contributed by atoms with van der Waals surface area (Å²) in [7, 11) is 5.17. The highest BCUT2D eigenvalue weighted by atomic mass is 19.1. The van der Waals surface area contributed by atoms with Crippen molar-refractivity contribution >= 4 is 22.5 Å². The normalized spacial score (nSPS) is 13.9. The quantitative estimate of drug-likeness (QED) is 0.208. The van der Waals surface area contributed by atoms with Crippen molar-refractivity contribution in [2.45, 2.75) is 13.3 Å². The molecule has 0 saturated carbocycles. The first-order valence-corrected chi connectivity index (χ1v) is 15.6. The molecule has 5 aromatic rings. The molecule has 1 N–H and O–H groups in total. The number of likely N-dealkylation sites (N-methyl/N-ethyl adjacent to an activating group) is 1. The van der Waals surface area contributed by atoms with Crippen LogP contribution in [0.5, 0.6) is 23.0 Å². The first kappa shape index (κ1) is 32.6. The fourth-order valence-corrected chi connectivity index (χ4v) is 5.70. The van der Waals surface area contributed by atoms with E-state index in [1.807, 2.05) is 0 Å². The van der Waals surface area contributed by atoms with Gasteiger partial charge in [-0.3, -0.25) is 14.3 Å². The van der Waals surface area contributed by atoms with Gasteiger partial charge in [-0.1, -0.05) is 0 Å². The molecule has 13 nitrogen and oxygen atoms in total. The number of pyridine rings is 1. The number of carbonyl (C=O) groups is 1. The number of hydrogen-bond acceptors (Lipinski definition) is 10. The van der Waals surface area contributed by atoms with Gasteiger partial charge < -0.3 is 29.3 Å². The van der Waals surface area contributed by atoms with E-state index < -0.39 is 17.4 Å². The average Bonchev–Trinajstić information content (AvgIpc) is 3.31. The highest BCUT2D eigenvalue weighted by molar-refractivity contribution is 6.04. The lowest BCUT2D eigenvalue weighted by molar-refractivity contribution is 0.101. The van der Waals surface area contributed by atoms with E-state index in [4.69, 9.17) is 14.2 Å². The van der Waals surface area contributed by atoms with E-state index in [-0.39, 0.29) is 23.1 Å². The Morgan fingerprint density at radius 3 is 2.44 bits per heavy atom. The van der Waals surface area contributed by atoms with Crippen molar-refractivity contribution in [2.24, 2.45) is 7.05 Å². The Kier molecular flexibility index (Phi) is 9.64. The maximum Gasteiger partial charge on any atom is 0.335 e. The number of carbonyl (C=O) groups excluding carboxylic acids is 1. The maximum absolute atomic E-state index is 15.4. The van der Waals surface area contributed by atoms with Gasteiger partial charge in [0.05, 0.1) is 24.9 Å². The van der Waals surface area contributed by atoms with Gasteiger partial charge in [-0.15, -0.1) is 0 Å². The third kappa shape index (κ3) is 6.85. The topological polar surface area (TPSA) is 129 Å². The molecule has 0 atom stereocenters. The Bertz CT molecular complexity index is 1990. The van der Waals surface area contributed by atoms with Crippen LogP contribution in [0.15, 0.2) is 65.8 Å². The Morgan fingerprint density at radius 1 is 0.938 bits per heavy atom. The van der Waals surface area contributed by atoms with Crippen LogP contribution in [-0.4, -0.2) is 93.3 Å². The summed E-state index contributed by atoms with van der Waals surface area (Å²) in [6.07, 6.45) is 5.46. The maximum atomic E-state index is 15.4. The van der Waals surface area contributed by atoms with Gasteiger partial charge in [-0.05, 0) is 50.7 Å². The number of fused-ring (bicyclic) bond motifs is 1. The SMILES string of the molecule is COc1cc2c(Oc3ccc(NC(=O)c4c(C)n(-c5ncccn5)c(=O)n4C)cc3F)ccnc2cc1OCCCN1CCN(C)CC1. The van der Waals surface area contributed by atoms with Crippen molar-refractivity contribution in [1.82, 2.24) is 33.9 Å². The van der Waals surface area contributed by atoms with Crippen molar-refractivity contribution in [3.05, 3.63) is 88.7 Å². The van der Waals surface area contributed by atoms with Crippen LogP contribution in [0.25, 0.3) is 16.9 Å². The summed E-state index contributed by atoms with van der Waals surface area (Å²) in [6, 6.07) is 10.9. The number of amides is 1. The molecule has 14 heteroatoms. The van der Waals surface area contributed by atoms with Crippen molar-refractivity contribution in [3.8, 4) is 28.9 Å². The van der Waals surface area contributed by atoms with Crippen LogP contribution in [0.1, 0.15) is 22.6 Å². The summed E-state index contributed by atoms with van der Waals surface area (Å²) in [6.45, 7) is 7.37. The van der Waals surface area contributed by atoms with E-state index in [2.05, 4.69) is 37.1 Å². The Hall–Kier alpha value is -5.34. The third-order valence-electron chi connectivity index (χ3n) is 8.33. The van der Waals surface area contributed by atoms with Crippen LogP contribution < -0.4 is 25.2 Å². The minimum Gasteiger partial charge on any atom is -0.493 e. The zero-order valence-electron chi connectivity index (χ0n) is 27.3. The van der Waals surface area contributed by atoms with Crippen molar-refractivity contribution in [3.63, 3.8) is 0 Å². The molecule has 0 aliphatic carbocycles. The zero-order chi connectivity index (χ0) is 33.8. The van der Waals surface area contributed by atoms with E-state index in [9.17, 15) is 9.59 Å². The number of hydrogen-bond donors (Lipinski definition) is 1. The number of nitrogens with zero attached hydrogens (tertiary/aromatic N) is 7. The predicted molar refractivity (Wildman–Crippen MR) is 178 cm³/mol. The number of ether oxygens (including phenoxy) is 3. The van der Waals surface area contributed by atoms with Crippen molar-refractivity contribution < 1.29 is 23.4 Å². The third-order valence-corrected chi connectivity index (χ3v) is 8.33. The number of rotatable bonds is 11. The van der Waals surface area contributed by atoms with Gasteiger partial charge in [0.2, 0.25) is 5.95 Å². The summed E-state index contributed by atoms with van der Waals surface area (Å²) in [5, 5.41) is 3.27. The number of anilines is 1. The fraction of sp³-hybridized carbons (Fsp3) is 0.324. The number of halogens is 1. The first-order chi connectivity index (χ1) is 23.2. The minimum atomic E-state index is -0.703. The summed E-state index contributed by atoms with van der Waals surface area (Å²) >= 11 is 0. The molecule has 250 valence electrons. The van der Waals surface area contributed by atoms with Gasteiger partial charge in [0.1, 0.15) is 11.4 Å². The lowest BCUT2D eigenvalue weighted by atomic mass is 10.1. The van der Waals surface area contributed by atoms with Crippen molar-refractivity contribution in [2.75, 3.05) is 58.8 Å². The molecule has 0 unspecified atom stereocenters. The number of nitrogens with one attached hydrogen (secondary N) is 1. The van der Waals surface area contributed by atoms with Crippen LogP contribution in [0.3, 0.4) is 0 Å². The van der Waals surface area contributed by atoms with E-state index in [1.165, 1.54) is 40.7 Å². The van der Waals surface area contributed by atoms with Gasteiger partial charge >= 0.3 is 5.69 Å². The summed E-state index contributed by atoms with van der Waals surface area (Å²) < 4.78 is 35.5. The molecular formula is C34H37FN8O5. The van der Waals surface area contributed by atoms with Crippen LogP contribution in [0.4, 0.5) is 10.1 Å². The highest BCUT2D eigenvalue weighted by Crippen LogP contribution is 2.38.